The van der Waals surface area contributed by atoms with Crippen molar-refractivity contribution in [1.82, 2.24) is 15.1 Å². The SMILES string of the molecule is CNC(C)(CCn1cc(C(F)(F)F)cn1)C(=O)OC. The molecule has 1 N–H and O–H groups in total. The lowest BCUT2D eigenvalue weighted by molar-refractivity contribution is -0.148. The van der Waals surface area contributed by atoms with Crippen molar-refractivity contribution in [2.24, 2.45) is 0 Å². The Morgan fingerprint density at radius 2 is 2.16 bits per heavy atom. The molecule has 19 heavy (non-hydrogen) atoms. The highest BCUT2D eigenvalue weighted by Gasteiger charge is 2.34. The van der Waals surface area contributed by atoms with Crippen molar-refractivity contribution in [2.75, 3.05) is 14.2 Å². The van der Waals surface area contributed by atoms with Crippen LogP contribution in [0.15, 0.2) is 12.4 Å². The fraction of sp³-hybridized carbons (Fsp3) is 0.636. The summed E-state index contributed by atoms with van der Waals surface area (Å²) in [7, 11) is 2.84. The van der Waals surface area contributed by atoms with Crippen LogP contribution in [0.2, 0.25) is 0 Å². The number of aromatic nitrogens is 2. The van der Waals surface area contributed by atoms with Crippen molar-refractivity contribution in [3.05, 3.63) is 18.0 Å². The van der Waals surface area contributed by atoms with Gasteiger partial charge < -0.3 is 10.1 Å². The summed E-state index contributed by atoms with van der Waals surface area (Å²) in [5, 5.41) is 6.42. The molecule has 1 aromatic rings. The maximum Gasteiger partial charge on any atom is 0.419 e. The third-order valence-electron chi connectivity index (χ3n) is 2.99. The van der Waals surface area contributed by atoms with Crippen molar-refractivity contribution in [2.45, 2.75) is 31.6 Å². The molecular weight excluding hydrogens is 263 g/mol. The van der Waals surface area contributed by atoms with Gasteiger partial charge >= 0.3 is 12.1 Å². The largest absolute Gasteiger partial charge is 0.468 e. The van der Waals surface area contributed by atoms with Crippen LogP contribution < -0.4 is 5.32 Å². The summed E-state index contributed by atoms with van der Waals surface area (Å²) in [6.45, 7) is 1.79. The number of hydrogen-bond donors (Lipinski definition) is 1. The molecule has 8 heteroatoms. The summed E-state index contributed by atoms with van der Waals surface area (Å²) in [5.41, 5.74) is -1.77. The molecular formula is C11H16F3N3O2. The van der Waals surface area contributed by atoms with Crippen LogP contribution in [0.1, 0.15) is 18.9 Å². The topological polar surface area (TPSA) is 56.2 Å². The zero-order chi connectivity index (χ0) is 14.7. The van der Waals surface area contributed by atoms with Gasteiger partial charge in [-0.05, 0) is 20.4 Å². The van der Waals surface area contributed by atoms with Gasteiger partial charge in [0.2, 0.25) is 0 Å². The molecule has 0 radical (unpaired) electrons. The average Bonchev–Trinajstić information content (AvgIpc) is 2.83. The molecule has 1 unspecified atom stereocenters. The molecule has 1 rings (SSSR count). The van der Waals surface area contributed by atoms with E-state index in [1.807, 2.05) is 0 Å². The number of rotatable bonds is 5. The normalized spacial score (nSPS) is 15.1. The van der Waals surface area contributed by atoms with E-state index in [1.54, 1.807) is 14.0 Å². The van der Waals surface area contributed by atoms with Crippen LogP contribution in [-0.2, 0) is 22.3 Å². The lowest BCUT2D eigenvalue weighted by Crippen LogP contribution is -2.49. The van der Waals surface area contributed by atoms with E-state index in [1.165, 1.54) is 7.11 Å². The first-order valence-electron chi connectivity index (χ1n) is 5.60. The summed E-state index contributed by atoms with van der Waals surface area (Å²) in [6, 6.07) is 0. The Kier molecular flexibility index (Phi) is 4.56. The van der Waals surface area contributed by atoms with Crippen LogP contribution in [0, 0.1) is 0 Å². The summed E-state index contributed by atoms with van der Waals surface area (Å²) >= 11 is 0. The second kappa shape index (κ2) is 5.60. The number of halogens is 3. The lowest BCUT2D eigenvalue weighted by atomic mass is 9.98. The summed E-state index contributed by atoms with van der Waals surface area (Å²) in [4.78, 5) is 11.6. The maximum atomic E-state index is 12.4. The zero-order valence-corrected chi connectivity index (χ0v) is 10.9. The Morgan fingerprint density at radius 3 is 2.58 bits per heavy atom. The van der Waals surface area contributed by atoms with E-state index in [4.69, 9.17) is 0 Å². The van der Waals surface area contributed by atoms with E-state index in [0.717, 1.165) is 17.1 Å². The zero-order valence-electron chi connectivity index (χ0n) is 10.9. The van der Waals surface area contributed by atoms with Crippen LogP contribution >= 0.6 is 0 Å². The quantitative estimate of drug-likeness (QED) is 0.829. The molecule has 0 spiro atoms. The highest BCUT2D eigenvalue weighted by molar-refractivity contribution is 5.80. The first kappa shape index (κ1) is 15.5. The van der Waals surface area contributed by atoms with Gasteiger partial charge in [-0.2, -0.15) is 18.3 Å². The third kappa shape index (κ3) is 3.69. The highest BCUT2D eigenvalue weighted by atomic mass is 19.4. The van der Waals surface area contributed by atoms with Crippen molar-refractivity contribution >= 4 is 5.97 Å². The minimum absolute atomic E-state index is 0.169. The summed E-state index contributed by atoms with van der Waals surface area (Å²) in [5.74, 6) is -0.474. The Bertz CT molecular complexity index is 445. The van der Waals surface area contributed by atoms with Gasteiger partial charge in [-0.15, -0.1) is 0 Å². The molecule has 0 aliphatic heterocycles. The molecule has 5 nitrogen and oxygen atoms in total. The van der Waals surface area contributed by atoms with Crippen LogP contribution in [0.4, 0.5) is 13.2 Å². The Hall–Kier alpha value is -1.57. The Labute approximate surface area is 108 Å². The molecule has 0 amide bonds. The second-order valence-electron chi connectivity index (χ2n) is 4.31. The molecule has 0 aliphatic carbocycles. The predicted octanol–water partition coefficient (Wildman–Crippen LogP) is 1.44. The van der Waals surface area contributed by atoms with Crippen LogP contribution in [0.5, 0.6) is 0 Å². The van der Waals surface area contributed by atoms with Crippen molar-refractivity contribution in [1.29, 1.82) is 0 Å². The van der Waals surface area contributed by atoms with Gasteiger partial charge in [0.25, 0.3) is 0 Å². The van der Waals surface area contributed by atoms with E-state index < -0.39 is 23.2 Å². The van der Waals surface area contributed by atoms with E-state index >= 15 is 0 Å². The van der Waals surface area contributed by atoms with Gasteiger partial charge in [0.15, 0.2) is 0 Å². The minimum atomic E-state index is -4.41. The van der Waals surface area contributed by atoms with Crippen molar-refractivity contribution in [3.8, 4) is 0 Å². The number of nitrogens with one attached hydrogen (secondary N) is 1. The van der Waals surface area contributed by atoms with Crippen molar-refractivity contribution in [3.63, 3.8) is 0 Å². The standard InChI is InChI=1S/C11H16F3N3O2/c1-10(15-2,9(18)19-3)4-5-17-7-8(6-16-17)11(12,13)14/h6-7,15H,4-5H2,1-3H3. The molecule has 0 fully saturated rings. The molecule has 108 valence electrons. The number of carbonyl (C=O) groups excluding carboxylic acids is 1. The molecule has 0 bridgehead atoms. The monoisotopic (exact) mass is 279 g/mol. The molecule has 1 heterocycles. The van der Waals surface area contributed by atoms with Gasteiger partial charge in [-0.3, -0.25) is 9.48 Å². The number of alkyl halides is 3. The third-order valence-corrected chi connectivity index (χ3v) is 2.99. The molecule has 0 saturated heterocycles. The van der Waals surface area contributed by atoms with E-state index in [2.05, 4.69) is 15.2 Å². The lowest BCUT2D eigenvalue weighted by Gasteiger charge is -2.25. The smallest absolute Gasteiger partial charge is 0.419 e. The van der Waals surface area contributed by atoms with Crippen LogP contribution in [0.3, 0.4) is 0 Å². The highest BCUT2D eigenvalue weighted by Crippen LogP contribution is 2.28. The predicted molar refractivity (Wildman–Crippen MR) is 61.3 cm³/mol. The first-order chi connectivity index (χ1) is 8.73. The van der Waals surface area contributed by atoms with E-state index in [-0.39, 0.29) is 13.0 Å². The number of aryl methyl sites for hydroxylation is 1. The summed E-state index contributed by atoms with van der Waals surface area (Å²) < 4.78 is 43.0. The Morgan fingerprint density at radius 1 is 1.53 bits per heavy atom. The van der Waals surface area contributed by atoms with E-state index in [9.17, 15) is 18.0 Å². The molecule has 0 aromatic carbocycles. The summed E-state index contributed by atoms with van der Waals surface area (Å²) in [6.07, 6.45) is -2.48. The number of nitrogens with zero attached hydrogens (tertiary/aromatic N) is 2. The number of carbonyl (C=O) groups is 1. The second-order valence-corrected chi connectivity index (χ2v) is 4.31. The fourth-order valence-electron chi connectivity index (χ4n) is 1.52. The van der Waals surface area contributed by atoms with Gasteiger partial charge in [-0.25, -0.2) is 0 Å². The molecule has 0 saturated carbocycles. The van der Waals surface area contributed by atoms with Crippen molar-refractivity contribution < 1.29 is 22.7 Å². The number of ether oxygens (including phenoxy) is 1. The molecule has 1 aromatic heterocycles. The first-order valence-corrected chi connectivity index (χ1v) is 5.60. The van der Waals surface area contributed by atoms with Crippen LogP contribution in [-0.4, -0.2) is 35.4 Å². The minimum Gasteiger partial charge on any atom is -0.468 e. The van der Waals surface area contributed by atoms with Gasteiger partial charge in [0.05, 0.1) is 18.9 Å². The number of hydrogen-bond acceptors (Lipinski definition) is 4. The van der Waals surface area contributed by atoms with Crippen LogP contribution in [0.25, 0.3) is 0 Å². The number of methoxy groups -OCH3 is 1. The molecule has 0 aliphatic rings. The Balaban J connectivity index is 2.71. The molecule has 1 atom stereocenters. The average molecular weight is 279 g/mol. The van der Waals surface area contributed by atoms with Gasteiger partial charge in [0, 0.05) is 12.7 Å². The number of likely N-dealkylation sites (N-methyl/N-ethyl adjacent to an activating group) is 1. The number of esters is 1. The van der Waals surface area contributed by atoms with E-state index in [0.29, 0.717) is 0 Å². The van der Waals surface area contributed by atoms with Gasteiger partial charge in [-0.1, -0.05) is 0 Å². The maximum absolute atomic E-state index is 12.4. The fourth-order valence-corrected chi connectivity index (χ4v) is 1.52. The van der Waals surface area contributed by atoms with Gasteiger partial charge in [0.1, 0.15) is 5.54 Å².